The van der Waals surface area contributed by atoms with Crippen molar-refractivity contribution >= 4 is 29.5 Å². The number of rotatable bonds is 6. The summed E-state index contributed by atoms with van der Waals surface area (Å²) in [4.78, 5) is 17.7. The molecule has 8 heteroatoms. The summed E-state index contributed by atoms with van der Waals surface area (Å²) in [5.41, 5.74) is 2.13. The van der Waals surface area contributed by atoms with Crippen molar-refractivity contribution < 1.29 is 13.6 Å². The fourth-order valence-corrected chi connectivity index (χ4v) is 3.20. The molecule has 2 heterocycles. The highest BCUT2D eigenvalue weighted by Crippen LogP contribution is 2.23. The minimum atomic E-state index is -1.00. The molecule has 1 atom stereocenters. The zero-order chi connectivity index (χ0) is 21.7. The van der Waals surface area contributed by atoms with Crippen LogP contribution in [-0.4, -0.2) is 42.2 Å². The van der Waals surface area contributed by atoms with Gasteiger partial charge in [0.2, 0.25) is 0 Å². The molecule has 0 saturated carbocycles. The number of anilines is 2. The lowest BCUT2D eigenvalue weighted by Crippen LogP contribution is -2.33. The Hall–Kier alpha value is -3.03. The Kier molecular flexibility index (Phi) is 6.97. The normalized spacial score (nSPS) is 20.1. The van der Waals surface area contributed by atoms with Gasteiger partial charge in [0.15, 0.2) is 5.84 Å². The molecule has 3 N–H and O–H groups in total. The molecule has 6 nitrogen and oxygen atoms in total. The maximum atomic E-state index is 14.2. The van der Waals surface area contributed by atoms with Crippen LogP contribution in [0, 0.1) is 17.1 Å². The van der Waals surface area contributed by atoms with Crippen molar-refractivity contribution in [3.8, 4) is 0 Å². The summed E-state index contributed by atoms with van der Waals surface area (Å²) < 4.78 is 27.5. The topological polar surface area (TPSA) is 80.6 Å². The first-order valence-corrected chi connectivity index (χ1v) is 10.1. The molecule has 1 aromatic rings. The third-order valence-electron chi connectivity index (χ3n) is 5.00. The fourth-order valence-electron chi connectivity index (χ4n) is 3.20. The first-order valence-electron chi connectivity index (χ1n) is 10.1. The lowest BCUT2D eigenvalue weighted by molar-refractivity contribution is 0.218. The van der Waals surface area contributed by atoms with Crippen LogP contribution >= 0.6 is 0 Å². The monoisotopic (exact) mass is 415 g/mol. The van der Waals surface area contributed by atoms with Crippen LogP contribution in [0.25, 0.3) is 0 Å². The number of nitrogens with one attached hydrogen (secondary N) is 3. The summed E-state index contributed by atoms with van der Waals surface area (Å²) in [6, 6.07) is 3.75. The quantitative estimate of drug-likeness (QED) is 0.603. The first kappa shape index (κ1) is 21.7. The van der Waals surface area contributed by atoms with E-state index in [1.807, 2.05) is 6.08 Å². The number of hydrogen-bond donors (Lipinski definition) is 3. The van der Waals surface area contributed by atoms with E-state index in [1.165, 1.54) is 29.3 Å². The summed E-state index contributed by atoms with van der Waals surface area (Å²) in [5, 5.41) is 13.5. The molecule has 1 aromatic carbocycles. The number of benzene rings is 1. The van der Waals surface area contributed by atoms with Crippen molar-refractivity contribution in [3.63, 3.8) is 0 Å². The predicted octanol–water partition coefficient (Wildman–Crippen LogP) is 5.12. The van der Waals surface area contributed by atoms with Gasteiger partial charge in [-0.05, 0) is 55.0 Å². The van der Waals surface area contributed by atoms with Crippen LogP contribution in [0.1, 0.15) is 33.1 Å². The van der Waals surface area contributed by atoms with Crippen molar-refractivity contribution in [1.82, 2.24) is 4.90 Å². The summed E-state index contributed by atoms with van der Waals surface area (Å²) in [5.74, 6) is 0.162. The molecule has 3 rings (SSSR count). The van der Waals surface area contributed by atoms with Gasteiger partial charge in [-0.2, -0.15) is 0 Å². The van der Waals surface area contributed by atoms with E-state index >= 15 is 0 Å². The van der Waals surface area contributed by atoms with Crippen LogP contribution in [-0.2, 0) is 0 Å². The van der Waals surface area contributed by atoms with Gasteiger partial charge < -0.3 is 15.5 Å². The highest BCUT2D eigenvalue weighted by atomic mass is 19.1. The molecule has 160 valence electrons. The maximum Gasteiger partial charge on any atom is 0.321 e. The number of hydrogen-bond acceptors (Lipinski definition) is 3. The molecule has 0 bridgehead atoms. The molecule has 0 aliphatic carbocycles. The standard InChI is InChI=1S/C22H27F2N5O/c1-14(2)3-4-15-9-16(21(25)27-11-15)12-26-20-10-18(5-6-19(20)24)28-22(30)29-8-7-17(23)13-29/h5-6,9-12,14,17,25-26H,3-4,7-8,13H2,1-2H3,(H,28,30)/b16-12-,25-21?. The van der Waals surface area contributed by atoms with Crippen LogP contribution in [0.15, 0.2) is 46.6 Å². The average molecular weight is 415 g/mol. The summed E-state index contributed by atoms with van der Waals surface area (Å²) in [6.07, 6.45) is 6.30. The van der Waals surface area contributed by atoms with E-state index in [0.717, 1.165) is 18.4 Å². The number of carbonyl (C=O) groups is 1. The number of nitrogens with zero attached hydrogens (tertiary/aromatic N) is 2. The SMILES string of the molecule is CC(C)CCC1=C/C(=C/Nc2cc(NC(=O)N3CCC(F)C3)ccc2F)C(=N)N=C1. The average Bonchev–Trinajstić information content (AvgIpc) is 3.15. The Morgan fingerprint density at radius 3 is 2.93 bits per heavy atom. The first-order chi connectivity index (χ1) is 14.3. The minimum Gasteiger partial charge on any atom is -0.359 e. The summed E-state index contributed by atoms with van der Waals surface area (Å²) in [6.45, 7) is 4.72. The van der Waals surface area contributed by atoms with Gasteiger partial charge in [0.05, 0.1) is 12.2 Å². The molecule has 2 aliphatic rings. The van der Waals surface area contributed by atoms with E-state index in [1.54, 1.807) is 6.21 Å². The highest BCUT2D eigenvalue weighted by molar-refractivity contribution is 6.08. The van der Waals surface area contributed by atoms with Crippen molar-refractivity contribution in [2.75, 3.05) is 23.7 Å². The molecule has 2 aliphatic heterocycles. The molecule has 0 aromatic heterocycles. The summed E-state index contributed by atoms with van der Waals surface area (Å²) >= 11 is 0. The number of amides is 2. The molecule has 0 spiro atoms. The zero-order valence-corrected chi connectivity index (χ0v) is 17.2. The second kappa shape index (κ2) is 9.65. The maximum absolute atomic E-state index is 14.2. The number of halogens is 2. The van der Waals surface area contributed by atoms with E-state index in [-0.39, 0.29) is 18.1 Å². The van der Waals surface area contributed by atoms with Gasteiger partial charge in [0.1, 0.15) is 12.0 Å². The van der Waals surface area contributed by atoms with E-state index < -0.39 is 18.0 Å². The van der Waals surface area contributed by atoms with Crippen LogP contribution < -0.4 is 10.6 Å². The number of alkyl halides is 1. The molecule has 1 saturated heterocycles. The second-order valence-electron chi connectivity index (χ2n) is 7.96. The van der Waals surface area contributed by atoms with Crippen LogP contribution in [0.4, 0.5) is 25.0 Å². The van der Waals surface area contributed by atoms with Gasteiger partial charge in [0.25, 0.3) is 0 Å². The molecular formula is C22H27F2N5O. The number of carbonyl (C=O) groups excluding carboxylic acids is 1. The van der Waals surface area contributed by atoms with Crippen LogP contribution in [0.5, 0.6) is 0 Å². The van der Waals surface area contributed by atoms with Gasteiger partial charge in [-0.1, -0.05) is 13.8 Å². The number of aliphatic imine (C=N–C) groups is 1. The number of likely N-dealkylation sites (tertiary alicyclic amines) is 1. The van der Waals surface area contributed by atoms with Crippen LogP contribution in [0.2, 0.25) is 0 Å². The van der Waals surface area contributed by atoms with Crippen molar-refractivity contribution in [2.45, 2.75) is 39.3 Å². The fraction of sp³-hybridized carbons (Fsp3) is 0.409. The highest BCUT2D eigenvalue weighted by Gasteiger charge is 2.25. The van der Waals surface area contributed by atoms with E-state index in [4.69, 9.17) is 5.41 Å². The third kappa shape index (κ3) is 5.75. The number of urea groups is 1. The van der Waals surface area contributed by atoms with Gasteiger partial charge in [-0.25, -0.2) is 18.6 Å². The van der Waals surface area contributed by atoms with Gasteiger partial charge in [0, 0.05) is 30.2 Å². The van der Waals surface area contributed by atoms with Gasteiger partial charge in [-0.15, -0.1) is 0 Å². The third-order valence-corrected chi connectivity index (χ3v) is 5.00. The van der Waals surface area contributed by atoms with E-state index in [2.05, 4.69) is 29.5 Å². The summed E-state index contributed by atoms with van der Waals surface area (Å²) in [7, 11) is 0. The lowest BCUT2D eigenvalue weighted by atomic mass is 10.00. The Labute approximate surface area is 175 Å². The Morgan fingerprint density at radius 1 is 1.43 bits per heavy atom. The Balaban J connectivity index is 1.68. The molecule has 30 heavy (non-hydrogen) atoms. The van der Waals surface area contributed by atoms with Crippen LogP contribution in [0.3, 0.4) is 0 Å². The van der Waals surface area contributed by atoms with Gasteiger partial charge in [-0.3, -0.25) is 5.41 Å². The Morgan fingerprint density at radius 2 is 2.23 bits per heavy atom. The smallest absolute Gasteiger partial charge is 0.321 e. The molecule has 1 fully saturated rings. The van der Waals surface area contributed by atoms with Crippen molar-refractivity contribution in [3.05, 3.63) is 47.4 Å². The van der Waals surface area contributed by atoms with Gasteiger partial charge >= 0.3 is 6.03 Å². The zero-order valence-electron chi connectivity index (χ0n) is 17.2. The van der Waals surface area contributed by atoms with E-state index in [9.17, 15) is 13.6 Å². The molecular weight excluding hydrogens is 388 g/mol. The molecule has 0 radical (unpaired) electrons. The largest absolute Gasteiger partial charge is 0.359 e. The van der Waals surface area contributed by atoms with Crippen molar-refractivity contribution in [1.29, 1.82) is 5.41 Å². The minimum absolute atomic E-state index is 0.0678. The van der Waals surface area contributed by atoms with Crippen molar-refractivity contribution in [2.24, 2.45) is 10.9 Å². The predicted molar refractivity (Wildman–Crippen MR) is 117 cm³/mol. The number of allylic oxidation sites excluding steroid dienone is 1. The number of amidine groups is 1. The van der Waals surface area contributed by atoms with E-state index in [0.29, 0.717) is 30.1 Å². The molecule has 2 amide bonds. The second-order valence-corrected chi connectivity index (χ2v) is 7.96. The lowest BCUT2D eigenvalue weighted by Gasteiger charge is -2.17. The number of dihydropyridines is 1. The molecule has 1 unspecified atom stereocenters. The Bertz CT molecular complexity index is 907.